The molecule has 4 heteroatoms. The first kappa shape index (κ1) is 11.1. The van der Waals surface area contributed by atoms with Gasteiger partial charge in [0.05, 0.1) is 13.2 Å². The molecule has 16 heavy (non-hydrogen) atoms. The van der Waals surface area contributed by atoms with E-state index in [9.17, 15) is 0 Å². The van der Waals surface area contributed by atoms with Crippen LogP contribution in [0.2, 0.25) is 0 Å². The largest absolute Gasteiger partial charge is 0.384 e. The van der Waals surface area contributed by atoms with Gasteiger partial charge in [-0.3, -0.25) is 0 Å². The summed E-state index contributed by atoms with van der Waals surface area (Å²) in [4.78, 5) is 5.36. The van der Waals surface area contributed by atoms with Gasteiger partial charge in [-0.05, 0) is 23.1 Å². The molecule has 2 rings (SSSR count). The van der Waals surface area contributed by atoms with Crippen molar-refractivity contribution in [2.45, 2.75) is 13.0 Å². The Hall–Kier alpha value is -1.39. The van der Waals surface area contributed by atoms with Crippen LogP contribution < -0.4 is 5.73 Å². The van der Waals surface area contributed by atoms with E-state index in [1.807, 2.05) is 6.07 Å². The number of hydrogen-bond acceptors (Lipinski definition) is 4. The molecule has 3 nitrogen and oxygen atoms in total. The van der Waals surface area contributed by atoms with Gasteiger partial charge < -0.3 is 10.5 Å². The summed E-state index contributed by atoms with van der Waals surface area (Å²) in [6, 6.07) is 7.91. The highest BCUT2D eigenvalue weighted by Crippen LogP contribution is 2.09. The van der Waals surface area contributed by atoms with Crippen molar-refractivity contribution in [3.8, 4) is 0 Å². The number of nitrogen functional groups attached to an aromatic ring is 1. The topological polar surface area (TPSA) is 48.1 Å². The van der Waals surface area contributed by atoms with Crippen LogP contribution in [0, 0.1) is 0 Å². The zero-order valence-electron chi connectivity index (χ0n) is 8.93. The van der Waals surface area contributed by atoms with Crippen molar-refractivity contribution in [3.05, 3.63) is 46.3 Å². The lowest BCUT2D eigenvalue weighted by atomic mass is 10.3. The molecular weight excluding hydrogens is 220 g/mol. The molecule has 0 radical (unpaired) electrons. The third-order valence-electron chi connectivity index (χ3n) is 2.19. The van der Waals surface area contributed by atoms with Crippen LogP contribution in [-0.4, -0.2) is 11.6 Å². The summed E-state index contributed by atoms with van der Waals surface area (Å²) in [6.07, 6.45) is 2.72. The maximum absolute atomic E-state index is 5.56. The molecule has 2 aromatic heterocycles. The van der Waals surface area contributed by atoms with Gasteiger partial charge in [0.1, 0.15) is 5.82 Å². The molecule has 2 aromatic rings. The van der Waals surface area contributed by atoms with Crippen molar-refractivity contribution in [3.63, 3.8) is 0 Å². The summed E-state index contributed by atoms with van der Waals surface area (Å²) < 4.78 is 5.56. The van der Waals surface area contributed by atoms with Gasteiger partial charge in [-0.25, -0.2) is 4.98 Å². The number of nitrogens with two attached hydrogens (primary N) is 1. The number of anilines is 1. The molecule has 0 atom stereocenters. The van der Waals surface area contributed by atoms with Gasteiger partial charge in [0.15, 0.2) is 0 Å². The minimum atomic E-state index is 0.544. The first-order chi connectivity index (χ1) is 7.84. The fourth-order valence-corrected chi connectivity index (χ4v) is 2.03. The predicted molar refractivity (Wildman–Crippen MR) is 66.3 cm³/mol. The fraction of sp³-hybridized carbons (Fsp3) is 0.250. The average Bonchev–Trinajstić information content (AvgIpc) is 2.80. The quantitative estimate of drug-likeness (QED) is 0.808. The summed E-state index contributed by atoms with van der Waals surface area (Å²) in [7, 11) is 0. The van der Waals surface area contributed by atoms with Crippen LogP contribution in [0.4, 0.5) is 5.82 Å². The third kappa shape index (κ3) is 3.32. The Bertz CT molecular complexity index is 411. The van der Waals surface area contributed by atoms with E-state index in [0.29, 0.717) is 12.4 Å². The molecular formula is C12H14N2OS. The van der Waals surface area contributed by atoms with Crippen LogP contribution in [-0.2, 0) is 17.8 Å². The Morgan fingerprint density at radius 3 is 2.94 bits per heavy atom. The first-order valence-corrected chi connectivity index (χ1v) is 6.03. The zero-order valence-corrected chi connectivity index (χ0v) is 9.74. The third-order valence-corrected chi connectivity index (χ3v) is 3.13. The molecule has 0 amide bonds. The number of hydrogen-bond donors (Lipinski definition) is 1. The number of ether oxygens (including phenoxy) is 1. The fourth-order valence-electron chi connectivity index (χ4n) is 1.34. The molecule has 84 valence electrons. The second-order valence-electron chi connectivity index (χ2n) is 3.47. The van der Waals surface area contributed by atoms with E-state index in [4.69, 9.17) is 10.5 Å². The molecule has 0 aliphatic rings. The molecule has 0 spiro atoms. The number of thiophene rings is 1. The molecule has 2 heterocycles. The highest BCUT2D eigenvalue weighted by atomic mass is 32.1. The van der Waals surface area contributed by atoms with Crippen molar-refractivity contribution in [2.24, 2.45) is 0 Å². The molecule has 0 aromatic carbocycles. The van der Waals surface area contributed by atoms with Crippen molar-refractivity contribution < 1.29 is 4.74 Å². The van der Waals surface area contributed by atoms with Crippen LogP contribution in [0.1, 0.15) is 10.4 Å². The molecule has 0 saturated carbocycles. The highest BCUT2D eigenvalue weighted by molar-refractivity contribution is 7.09. The normalized spacial score (nSPS) is 10.5. The highest BCUT2D eigenvalue weighted by Gasteiger charge is 1.96. The summed E-state index contributed by atoms with van der Waals surface area (Å²) in [6.45, 7) is 1.34. The van der Waals surface area contributed by atoms with Crippen molar-refractivity contribution in [2.75, 3.05) is 12.3 Å². The van der Waals surface area contributed by atoms with E-state index >= 15 is 0 Å². The second kappa shape index (κ2) is 5.63. The molecule has 0 bridgehead atoms. The standard InChI is InChI=1S/C12H14N2OS/c13-12-4-3-10(8-14-12)9-15-6-5-11-2-1-7-16-11/h1-4,7-8H,5-6,9H2,(H2,13,14). The summed E-state index contributed by atoms with van der Waals surface area (Å²) in [5, 5.41) is 2.08. The SMILES string of the molecule is Nc1ccc(COCCc2cccs2)cn1. The maximum atomic E-state index is 5.56. The van der Waals surface area contributed by atoms with Gasteiger partial charge in [-0.2, -0.15) is 0 Å². The maximum Gasteiger partial charge on any atom is 0.123 e. The van der Waals surface area contributed by atoms with Gasteiger partial charge in [0, 0.05) is 17.5 Å². The van der Waals surface area contributed by atoms with E-state index in [2.05, 4.69) is 22.5 Å². The van der Waals surface area contributed by atoms with Crippen molar-refractivity contribution in [1.29, 1.82) is 0 Å². The number of aromatic nitrogens is 1. The minimum absolute atomic E-state index is 0.544. The predicted octanol–water partition coefficient (Wildman–Crippen LogP) is 2.48. The minimum Gasteiger partial charge on any atom is -0.384 e. The smallest absolute Gasteiger partial charge is 0.123 e. The van der Waals surface area contributed by atoms with Gasteiger partial charge in [0.25, 0.3) is 0 Å². The Morgan fingerprint density at radius 1 is 1.31 bits per heavy atom. The zero-order chi connectivity index (χ0) is 11.2. The summed E-state index contributed by atoms with van der Waals surface area (Å²) >= 11 is 1.76. The number of pyridine rings is 1. The molecule has 2 N–H and O–H groups in total. The Labute approximate surface area is 98.9 Å². The van der Waals surface area contributed by atoms with Crippen LogP contribution in [0.15, 0.2) is 35.8 Å². The molecule has 0 unspecified atom stereocenters. The lowest BCUT2D eigenvalue weighted by molar-refractivity contribution is 0.124. The Kier molecular flexibility index (Phi) is 3.91. The summed E-state index contributed by atoms with van der Waals surface area (Å²) in [5.41, 5.74) is 6.55. The number of rotatable bonds is 5. The first-order valence-electron chi connectivity index (χ1n) is 5.15. The second-order valence-corrected chi connectivity index (χ2v) is 4.51. The van der Waals surface area contributed by atoms with E-state index < -0.39 is 0 Å². The van der Waals surface area contributed by atoms with Crippen LogP contribution in [0.25, 0.3) is 0 Å². The van der Waals surface area contributed by atoms with E-state index in [-0.39, 0.29) is 0 Å². The molecule has 0 aliphatic heterocycles. The van der Waals surface area contributed by atoms with E-state index in [0.717, 1.165) is 18.6 Å². The van der Waals surface area contributed by atoms with Crippen LogP contribution >= 0.6 is 11.3 Å². The summed E-state index contributed by atoms with van der Waals surface area (Å²) in [5.74, 6) is 0.544. The van der Waals surface area contributed by atoms with Gasteiger partial charge >= 0.3 is 0 Å². The monoisotopic (exact) mass is 234 g/mol. The van der Waals surface area contributed by atoms with Gasteiger partial charge in [-0.1, -0.05) is 12.1 Å². The van der Waals surface area contributed by atoms with Gasteiger partial charge in [-0.15, -0.1) is 11.3 Å². The van der Waals surface area contributed by atoms with E-state index in [1.165, 1.54) is 4.88 Å². The number of nitrogens with zero attached hydrogens (tertiary/aromatic N) is 1. The molecule has 0 fully saturated rings. The lowest BCUT2D eigenvalue weighted by Crippen LogP contribution is -1.99. The van der Waals surface area contributed by atoms with Gasteiger partial charge in [0.2, 0.25) is 0 Å². The molecule has 0 aliphatic carbocycles. The molecule has 0 saturated heterocycles. The van der Waals surface area contributed by atoms with Crippen LogP contribution in [0.5, 0.6) is 0 Å². The Morgan fingerprint density at radius 2 is 2.25 bits per heavy atom. The lowest BCUT2D eigenvalue weighted by Gasteiger charge is -2.03. The van der Waals surface area contributed by atoms with Crippen LogP contribution in [0.3, 0.4) is 0 Å². The Balaban J connectivity index is 1.70. The van der Waals surface area contributed by atoms with Crippen molar-refractivity contribution in [1.82, 2.24) is 4.98 Å². The average molecular weight is 234 g/mol. The van der Waals surface area contributed by atoms with E-state index in [1.54, 1.807) is 23.6 Å². The van der Waals surface area contributed by atoms with Crippen molar-refractivity contribution >= 4 is 17.2 Å².